The number of carbonyl (C=O) groups excluding carboxylic acids is 1. The highest BCUT2D eigenvalue weighted by Gasteiger charge is 2.44. The fourth-order valence-corrected chi connectivity index (χ4v) is 4.98. The topological polar surface area (TPSA) is 73.2 Å². The molecule has 1 spiro atoms. The molecule has 0 bridgehead atoms. The zero-order valence-electron chi connectivity index (χ0n) is 18.7. The van der Waals surface area contributed by atoms with Crippen molar-refractivity contribution < 1.29 is 9.53 Å². The van der Waals surface area contributed by atoms with Crippen LogP contribution in [-0.4, -0.2) is 28.6 Å². The summed E-state index contributed by atoms with van der Waals surface area (Å²) in [6, 6.07) is 11.6. The molecule has 2 fully saturated rings. The molecule has 32 heavy (non-hydrogen) atoms. The molecule has 2 aliphatic carbocycles. The largest absolute Gasteiger partial charge is 0.497 e. The first-order valence-electron chi connectivity index (χ1n) is 11.5. The Kier molecular flexibility index (Phi) is 5.24. The van der Waals surface area contributed by atoms with Gasteiger partial charge in [-0.2, -0.15) is 0 Å². The van der Waals surface area contributed by atoms with E-state index < -0.39 is 0 Å². The van der Waals surface area contributed by atoms with Crippen molar-refractivity contribution in [3.63, 3.8) is 0 Å². The zero-order chi connectivity index (χ0) is 22.3. The molecule has 0 radical (unpaired) electrons. The van der Waals surface area contributed by atoms with Gasteiger partial charge in [-0.05, 0) is 80.7 Å². The van der Waals surface area contributed by atoms with Gasteiger partial charge in [0.05, 0.1) is 7.11 Å². The van der Waals surface area contributed by atoms with Crippen molar-refractivity contribution in [3.05, 3.63) is 58.5 Å². The van der Waals surface area contributed by atoms with Crippen molar-refractivity contribution in [2.45, 2.75) is 58.0 Å². The molecule has 2 saturated carbocycles. The average Bonchev–Trinajstić information content (AvgIpc) is 3.59. The lowest BCUT2D eigenvalue weighted by Crippen LogP contribution is -2.41. The monoisotopic (exact) mass is 431 g/mol. The highest BCUT2D eigenvalue weighted by molar-refractivity contribution is 5.97. The Labute approximate surface area is 187 Å². The molecule has 1 N–H and O–H groups in total. The Hall–Kier alpha value is -3.15. The third-order valence-electron chi connectivity index (χ3n) is 7.25. The summed E-state index contributed by atoms with van der Waals surface area (Å²) in [6.45, 7) is 2.36. The highest BCUT2D eigenvalue weighted by atomic mass is 16.5. The number of carbonyl (C=O) groups is 1. The number of nitrogens with one attached hydrogen (secondary N) is 1. The summed E-state index contributed by atoms with van der Waals surface area (Å²) in [5, 5.41) is 3.91. The van der Waals surface area contributed by atoms with Crippen molar-refractivity contribution in [2.75, 3.05) is 7.11 Å². The van der Waals surface area contributed by atoms with E-state index in [1.165, 1.54) is 25.7 Å². The van der Waals surface area contributed by atoms with Crippen molar-refractivity contribution in [2.24, 2.45) is 5.41 Å². The van der Waals surface area contributed by atoms with Gasteiger partial charge >= 0.3 is 0 Å². The van der Waals surface area contributed by atoms with Gasteiger partial charge in [0.15, 0.2) is 0 Å². The molecule has 6 heteroatoms. The summed E-state index contributed by atoms with van der Waals surface area (Å²) >= 11 is 0. The van der Waals surface area contributed by atoms with Gasteiger partial charge < -0.3 is 10.1 Å². The molecule has 2 aliphatic rings. The van der Waals surface area contributed by atoms with Crippen LogP contribution in [0.2, 0.25) is 0 Å². The van der Waals surface area contributed by atoms with Crippen LogP contribution in [0.5, 0.6) is 5.75 Å². The van der Waals surface area contributed by atoms with E-state index in [0.717, 1.165) is 35.1 Å². The van der Waals surface area contributed by atoms with Crippen molar-refractivity contribution in [3.8, 4) is 16.9 Å². The van der Waals surface area contributed by atoms with Crippen molar-refractivity contribution in [1.82, 2.24) is 14.9 Å². The number of pyridine rings is 2. The molecule has 2 heterocycles. The molecule has 0 atom stereocenters. The molecule has 3 aromatic rings. The van der Waals surface area contributed by atoms with Gasteiger partial charge in [0, 0.05) is 29.7 Å². The minimum absolute atomic E-state index is 0.155. The quantitative estimate of drug-likeness (QED) is 0.643. The van der Waals surface area contributed by atoms with E-state index in [2.05, 4.69) is 10.3 Å². The number of rotatable bonds is 5. The predicted molar refractivity (Wildman–Crippen MR) is 125 cm³/mol. The molecular formula is C26H29N3O3. The van der Waals surface area contributed by atoms with Gasteiger partial charge in [0.2, 0.25) is 0 Å². The Morgan fingerprint density at radius 3 is 2.47 bits per heavy atom. The first-order chi connectivity index (χ1) is 15.5. The number of benzene rings is 1. The van der Waals surface area contributed by atoms with E-state index in [0.29, 0.717) is 17.6 Å². The number of hydrogen-bond acceptors (Lipinski definition) is 4. The van der Waals surface area contributed by atoms with Gasteiger partial charge in [-0.3, -0.25) is 14.2 Å². The lowest BCUT2D eigenvalue weighted by atomic mass is 9.83. The van der Waals surface area contributed by atoms with Gasteiger partial charge in [0.1, 0.15) is 17.0 Å². The average molecular weight is 432 g/mol. The van der Waals surface area contributed by atoms with E-state index >= 15 is 0 Å². The number of methoxy groups -OCH3 is 1. The molecule has 166 valence electrons. The number of nitrogens with zero attached hydrogens (tertiary/aromatic N) is 2. The summed E-state index contributed by atoms with van der Waals surface area (Å²) in [4.78, 5) is 30.7. The Morgan fingerprint density at radius 2 is 1.84 bits per heavy atom. The van der Waals surface area contributed by atoms with E-state index in [9.17, 15) is 9.59 Å². The standard InChI is InChI=1S/C26H29N3O3/c1-3-29-23-18(14-19(16-27-23)17-4-6-21(32-2)7-5-17)15-22(25(29)31)24(30)28-20-8-10-26(11-9-20)12-13-26/h4-7,14-16,20H,3,8-13H2,1-2H3,(H,28,30). The van der Waals surface area contributed by atoms with Crippen LogP contribution in [0.25, 0.3) is 22.2 Å². The second-order valence-electron chi connectivity index (χ2n) is 9.22. The smallest absolute Gasteiger partial charge is 0.265 e. The summed E-state index contributed by atoms with van der Waals surface area (Å²) in [5.41, 5.74) is 3.00. The lowest BCUT2D eigenvalue weighted by molar-refractivity contribution is 0.0917. The predicted octanol–water partition coefficient (Wildman–Crippen LogP) is 4.54. The maximum Gasteiger partial charge on any atom is 0.265 e. The Balaban J connectivity index is 1.46. The molecule has 0 saturated heterocycles. The highest BCUT2D eigenvalue weighted by Crippen LogP contribution is 2.56. The number of amides is 1. The molecule has 1 aromatic carbocycles. The maximum absolute atomic E-state index is 13.1. The van der Waals surface area contributed by atoms with Crippen LogP contribution in [-0.2, 0) is 6.54 Å². The molecule has 0 unspecified atom stereocenters. The maximum atomic E-state index is 13.1. The lowest BCUT2D eigenvalue weighted by Gasteiger charge is -2.29. The number of aromatic nitrogens is 2. The first-order valence-corrected chi connectivity index (χ1v) is 11.5. The van der Waals surface area contributed by atoms with Crippen LogP contribution < -0.4 is 15.6 Å². The van der Waals surface area contributed by atoms with E-state index in [1.807, 2.05) is 37.3 Å². The van der Waals surface area contributed by atoms with Crippen LogP contribution >= 0.6 is 0 Å². The van der Waals surface area contributed by atoms with Crippen LogP contribution in [0, 0.1) is 5.41 Å². The third-order valence-corrected chi connectivity index (χ3v) is 7.25. The number of aryl methyl sites for hydroxylation is 1. The second-order valence-corrected chi connectivity index (χ2v) is 9.22. The van der Waals surface area contributed by atoms with Crippen LogP contribution in [0.1, 0.15) is 55.8 Å². The Bertz CT molecular complexity index is 1220. The zero-order valence-corrected chi connectivity index (χ0v) is 18.7. The van der Waals surface area contributed by atoms with Gasteiger partial charge in [-0.15, -0.1) is 0 Å². The summed E-state index contributed by atoms with van der Waals surface area (Å²) < 4.78 is 6.83. The van der Waals surface area contributed by atoms with Crippen LogP contribution in [0.3, 0.4) is 0 Å². The number of fused-ring (bicyclic) bond motifs is 1. The summed E-state index contributed by atoms with van der Waals surface area (Å²) in [6.07, 6.45) is 8.82. The summed E-state index contributed by atoms with van der Waals surface area (Å²) in [7, 11) is 1.64. The van der Waals surface area contributed by atoms with Crippen LogP contribution in [0.4, 0.5) is 0 Å². The molecule has 6 nitrogen and oxygen atoms in total. The Morgan fingerprint density at radius 1 is 1.12 bits per heavy atom. The second kappa shape index (κ2) is 8.08. The SMILES string of the molecule is CCn1c(=O)c(C(=O)NC2CCC3(CC2)CC3)cc2cc(-c3ccc(OC)cc3)cnc21. The third kappa shape index (κ3) is 3.78. The molecule has 2 aromatic heterocycles. The fraction of sp³-hybridized carbons (Fsp3) is 0.423. The molecule has 1 amide bonds. The van der Waals surface area contributed by atoms with Crippen molar-refractivity contribution in [1.29, 1.82) is 0 Å². The molecule has 0 aliphatic heterocycles. The fourth-order valence-electron chi connectivity index (χ4n) is 4.98. The van der Waals surface area contributed by atoms with Crippen molar-refractivity contribution >= 4 is 16.9 Å². The van der Waals surface area contributed by atoms with E-state index in [1.54, 1.807) is 23.9 Å². The minimum Gasteiger partial charge on any atom is -0.497 e. The van der Waals surface area contributed by atoms with Gasteiger partial charge in [-0.1, -0.05) is 12.1 Å². The minimum atomic E-state index is -0.281. The van der Waals surface area contributed by atoms with Crippen LogP contribution in [0.15, 0.2) is 47.4 Å². The van der Waals surface area contributed by atoms with E-state index in [-0.39, 0.29) is 23.1 Å². The van der Waals surface area contributed by atoms with E-state index in [4.69, 9.17) is 4.74 Å². The number of ether oxygens (including phenoxy) is 1. The summed E-state index contributed by atoms with van der Waals surface area (Å²) in [5.74, 6) is 0.516. The van der Waals surface area contributed by atoms with Gasteiger partial charge in [0.25, 0.3) is 11.5 Å². The number of hydrogen-bond donors (Lipinski definition) is 1. The molecule has 5 rings (SSSR count). The normalized spacial score (nSPS) is 17.4. The van der Waals surface area contributed by atoms with Gasteiger partial charge in [-0.25, -0.2) is 4.98 Å². The molecular weight excluding hydrogens is 402 g/mol. The first kappa shape index (κ1) is 20.7.